The lowest BCUT2D eigenvalue weighted by molar-refractivity contribution is -0.138. The lowest BCUT2D eigenvalue weighted by Gasteiger charge is -2.31. The molecule has 5 nitrogen and oxygen atoms in total. The van der Waals surface area contributed by atoms with Gasteiger partial charge in [0.15, 0.2) is 0 Å². The number of nitrogens with zero attached hydrogens (tertiary/aromatic N) is 1. The van der Waals surface area contributed by atoms with Crippen LogP contribution >= 0.6 is 11.6 Å². The second-order valence-electron chi connectivity index (χ2n) is 7.45. The topological polar surface area (TPSA) is 66.8 Å². The van der Waals surface area contributed by atoms with Crippen molar-refractivity contribution >= 4 is 29.1 Å². The molecule has 3 saturated heterocycles. The number of hydrogen-bond donors (Lipinski definition) is 1. The van der Waals surface area contributed by atoms with Crippen LogP contribution in [0.4, 0.5) is 18.9 Å². The van der Waals surface area contributed by atoms with Gasteiger partial charge in [-0.05, 0) is 32.0 Å². The van der Waals surface area contributed by atoms with Crippen molar-refractivity contribution in [1.29, 1.82) is 0 Å². The van der Waals surface area contributed by atoms with Crippen molar-refractivity contribution in [2.24, 2.45) is 11.8 Å². The van der Waals surface area contributed by atoms with Gasteiger partial charge in [0.1, 0.15) is 5.60 Å². The molecule has 4 rings (SSSR count). The number of alkyl halides is 3. The average Bonchev–Trinajstić information content (AvgIpc) is 3.01. The summed E-state index contributed by atoms with van der Waals surface area (Å²) in [5.74, 6) is -3.06. The normalized spacial score (nSPS) is 37.6. The number of hydrogen-bond acceptors (Lipinski definition) is 4. The monoisotopic (exact) mass is 405 g/mol. The summed E-state index contributed by atoms with van der Waals surface area (Å²) < 4.78 is 45.2. The van der Waals surface area contributed by atoms with Crippen molar-refractivity contribution in [1.82, 2.24) is 0 Å². The van der Waals surface area contributed by atoms with Crippen LogP contribution in [0.1, 0.15) is 33.3 Å². The first kappa shape index (κ1) is 20.1. The summed E-state index contributed by atoms with van der Waals surface area (Å²) in [6, 6.07) is 2.92. The lowest BCUT2D eigenvalue weighted by Crippen LogP contribution is -2.49. The van der Waals surface area contributed by atoms with Crippen LogP contribution in [-0.2, 0) is 20.5 Å². The molecule has 1 aromatic rings. The fourth-order valence-corrected chi connectivity index (χ4v) is 4.87. The highest BCUT2D eigenvalue weighted by molar-refractivity contribution is 6.31. The van der Waals surface area contributed by atoms with E-state index in [1.807, 2.05) is 0 Å². The predicted octanol–water partition coefficient (Wildman–Crippen LogP) is 3.41. The number of carbonyl (C=O) groups excluding carboxylic acids is 2. The van der Waals surface area contributed by atoms with Crippen LogP contribution in [-0.4, -0.2) is 34.2 Å². The third-order valence-corrected chi connectivity index (χ3v) is 6.14. The van der Waals surface area contributed by atoms with Gasteiger partial charge in [-0.1, -0.05) is 19.0 Å². The van der Waals surface area contributed by atoms with E-state index in [0.29, 0.717) is 6.07 Å². The van der Waals surface area contributed by atoms with E-state index in [4.69, 9.17) is 16.3 Å². The van der Waals surface area contributed by atoms with Gasteiger partial charge in [-0.25, -0.2) is 4.90 Å². The number of rotatable bonds is 1. The number of carbonyl (C=O) groups is 2. The molecule has 2 bridgehead atoms. The van der Waals surface area contributed by atoms with Crippen LogP contribution in [0, 0.1) is 11.8 Å². The Hall–Kier alpha value is -1.64. The molecule has 3 aliphatic rings. The van der Waals surface area contributed by atoms with Crippen molar-refractivity contribution in [3.63, 3.8) is 0 Å². The summed E-state index contributed by atoms with van der Waals surface area (Å²) in [7, 11) is 0. The number of imide groups is 1. The number of fused-ring (bicyclic) bond motifs is 5. The van der Waals surface area contributed by atoms with Gasteiger partial charge >= 0.3 is 6.18 Å². The number of aliphatic hydroxyl groups excluding tert-OH is 1. The standard InChI is InChI=1S/C17H15ClF3NO4.CH4/c1-15-6-10(23)16(2,26-15)12-11(15)13(24)22(14(12)25)7-3-4-9(18)8(5-7)17(19,20)21;/h3-5,10-12,23H,6H2,1-2H3;1H4/t10-,11+,12-,15-,16+;/m0./s1. The van der Waals surface area contributed by atoms with Gasteiger partial charge in [0, 0.05) is 6.42 Å². The van der Waals surface area contributed by atoms with E-state index < -0.39 is 57.7 Å². The maximum atomic E-state index is 13.1. The highest BCUT2D eigenvalue weighted by Crippen LogP contribution is 2.61. The van der Waals surface area contributed by atoms with Crippen molar-refractivity contribution < 1.29 is 32.6 Å². The molecule has 0 unspecified atom stereocenters. The molecule has 3 heterocycles. The number of amides is 2. The van der Waals surface area contributed by atoms with Crippen LogP contribution in [0.15, 0.2) is 18.2 Å². The van der Waals surface area contributed by atoms with Gasteiger partial charge in [0.2, 0.25) is 11.8 Å². The van der Waals surface area contributed by atoms with Gasteiger partial charge in [0.05, 0.1) is 39.8 Å². The Morgan fingerprint density at radius 1 is 1.22 bits per heavy atom. The molecule has 0 saturated carbocycles. The molecule has 0 radical (unpaired) electrons. The third kappa shape index (κ3) is 2.46. The quantitative estimate of drug-likeness (QED) is 0.727. The molecule has 1 N–H and O–H groups in total. The first-order valence-corrected chi connectivity index (χ1v) is 8.41. The summed E-state index contributed by atoms with van der Waals surface area (Å²) in [6.07, 6.45) is -5.46. The summed E-state index contributed by atoms with van der Waals surface area (Å²) >= 11 is 5.61. The van der Waals surface area contributed by atoms with Crippen LogP contribution in [0.5, 0.6) is 0 Å². The number of aliphatic hydroxyl groups is 1. The van der Waals surface area contributed by atoms with Crippen molar-refractivity contribution in [3.05, 3.63) is 28.8 Å². The fourth-order valence-electron chi connectivity index (χ4n) is 4.65. The summed E-state index contributed by atoms with van der Waals surface area (Å²) in [5, 5.41) is 9.75. The van der Waals surface area contributed by atoms with E-state index in [0.717, 1.165) is 11.0 Å². The molecule has 5 atom stereocenters. The molecule has 3 fully saturated rings. The van der Waals surface area contributed by atoms with E-state index in [9.17, 15) is 27.9 Å². The number of halogens is 4. The minimum atomic E-state index is -4.72. The minimum Gasteiger partial charge on any atom is -0.390 e. The van der Waals surface area contributed by atoms with Crippen molar-refractivity contribution in [3.8, 4) is 0 Å². The van der Waals surface area contributed by atoms with E-state index in [-0.39, 0.29) is 19.5 Å². The molecule has 3 aliphatic heterocycles. The number of anilines is 1. The largest absolute Gasteiger partial charge is 0.417 e. The van der Waals surface area contributed by atoms with Crippen LogP contribution in [0.2, 0.25) is 5.02 Å². The molecular formula is C18H19ClF3NO4. The first-order valence-electron chi connectivity index (χ1n) is 8.03. The second-order valence-corrected chi connectivity index (χ2v) is 7.85. The summed E-state index contributed by atoms with van der Waals surface area (Å²) in [4.78, 5) is 26.6. The summed E-state index contributed by atoms with van der Waals surface area (Å²) in [5.41, 5.74) is -3.57. The molecule has 2 amide bonds. The molecule has 0 aliphatic carbocycles. The molecular weight excluding hydrogens is 387 g/mol. The van der Waals surface area contributed by atoms with Gasteiger partial charge in [-0.3, -0.25) is 9.59 Å². The zero-order valence-corrected chi connectivity index (χ0v) is 14.6. The number of ether oxygens (including phenoxy) is 1. The Labute approximate surface area is 159 Å². The van der Waals surface area contributed by atoms with Crippen LogP contribution < -0.4 is 4.90 Å². The van der Waals surface area contributed by atoms with E-state index >= 15 is 0 Å². The highest BCUT2D eigenvalue weighted by Gasteiger charge is 2.75. The van der Waals surface area contributed by atoms with Gasteiger partial charge in [-0.15, -0.1) is 0 Å². The number of benzene rings is 1. The van der Waals surface area contributed by atoms with E-state index in [1.54, 1.807) is 13.8 Å². The lowest BCUT2D eigenvalue weighted by atomic mass is 9.67. The SMILES string of the molecule is C.C[C@@]12O[C@@](C)(C[C@@H]1O)[C@H]1C(=O)N(c3ccc(Cl)c(C(F)(F)F)c3)C(=O)[C@H]12. The van der Waals surface area contributed by atoms with Gasteiger partial charge in [-0.2, -0.15) is 13.2 Å². The fraction of sp³-hybridized carbons (Fsp3) is 0.556. The third-order valence-electron chi connectivity index (χ3n) is 5.81. The minimum absolute atomic E-state index is 0. The van der Waals surface area contributed by atoms with Crippen LogP contribution in [0.25, 0.3) is 0 Å². The molecule has 0 spiro atoms. The molecule has 0 aromatic heterocycles. The molecule has 9 heteroatoms. The molecule has 1 aromatic carbocycles. The van der Waals surface area contributed by atoms with Crippen molar-refractivity contribution in [2.45, 2.75) is 51.2 Å². The first-order chi connectivity index (χ1) is 11.9. The van der Waals surface area contributed by atoms with Gasteiger partial charge in [0.25, 0.3) is 0 Å². The van der Waals surface area contributed by atoms with E-state index in [2.05, 4.69) is 0 Å². The van der Waals surface area contributed by atoms with Crippen molar-refractivity contribution in [2.75, 3.05) is 4.90 Å². The maximum absolute atomic E-state index is 13.1. The van der Waals surface area contributed by atoms with Crippen LogP contribution in [0.3, 0.4) is 0 Å². The molecule has 148 valence electrons. The molecule has 27 heavy (non-hydrogen) atoms. The Morgan fingerprint density at radius 2 is 1.81 bits per heavy atom. The van der Waals surface area contributed by atoms with Gasteiger partial charge < -0.3 is 9.84 Å². The second kappa shape index (κ2) is 5.68. The summed E-state index contributed by atoms with van der Waals surface area (Å²) in [6.45, 7) is 3.20. The van der Waals surface area contributed by atoms with E-state index in [1.165, 1.54) is 6.07 Å². The average molecular weight is 406 g/mol. The smallest absolute Gasteiger partial charge is 0.390 e. The zero-order valence-electron chi connectivity index (χ0n) is 13.8. The Kier molecular flexibility index (Phi) is 4.23. The Balaban J connectivity index is 0.00000210. The maximum Gasteiger partial charge on any atom is 0.417 e. The highest BCUT2D eigenvalue weighted by atomic mass is 35.5. The zero-order chi connectivity index (χ0) is 19.2. The Morgan fingerprint density at radius 3 is 2.41 bits per heavy atom. The Bertz CT molecular complexity index is 844. The predicted molar refractivity (Wildman–Crippen MR) is 91.2 cm³/mol.